The Balaban J connectivity index is 1.79. The Morgan fingerprint density at radius 2 is 2.24 bits per heavy atom. The van der Waals surface area contributed by atoms with Crippen LogP contribution in [-0.2, 0) is 11.2 Å². The molecule has 1 atom stereocenters. The number of amides is 1. The van der Waals surface area contributed by atoms with E-state index in [0.29, 0.717) is 13.0 Å². The molecule has 1 aliphatic heterocycles. The number of carbonyl (C=O) groups is 1. The fraction of sp³-hybridized carbons (Fsp3) is 0.579. The molecule has 5 nitrogen and oxygen atoms in total. The minimum Gasteiger partial charge on any atom is -0.357 e. The number of carbonyl (C=O) groups excluding carboxylic acids is 1. The minimum absolute atomic E-state index is 0.191. The average molecular weight is 348 g/mol. The summed E-state index contributed by atoms with van der Waals surface area (Å²) >= 11 is 0. The molecule has 0 aliphatic carbocycles. The summed E-state index contributed by atoms with van der Waals surface area (Å²) in [4.78, 5) is 18.3. The van der Waals surface area contributed by atoms with Crippen LogP contribution in [0.4, 0.5) is 4.39 Å². The second kappa shape index (κ2) is 10.0. The predicted octanol–water partition coefficient (Wildman–Crippen LogP) is 2.32. The van der Waals surface area contributed by atoms with Crippen LogP contribution < -0.4 is 10.6 Å². The van der Waals surface area contributed by atoms with Crippen molar-refractivity contribution in [2.75, 3.05) is 26.2 Å². The first-order chi connectivity index (χ1) is 12.1. The standard InChI is InChI=1S/C19H29FN4O/c1-3-18(25)24-12-10-17(14-24)23-19(21-4-2)22-11-6-8-15-7-5-9-16(20)13-15/h5,7,9,13,17H,3-4,6,8,10-12,14H2,1-2H3,(H2,21,22,23). The Kier molecular flexibility index (Phi) is 7.70. The van der Waals surface area contributed by atoms with Gasteiger partial charge < -0.3 is 15.5 Å². The Labute approximate surface area is 149 Å². The number of guanidine groups is 1. The molecular formula is C19H29FN4O. The van der Waals surface area contributed by atoms with Gasteiger partial charge in [0.2, 0.25) is 5.91 Å². The van der Waals surface area contributed by atoms with Crippen molar-refractivity contribution >= 4 is 11.9 Å². The highest BCUT2D eigenvalue weighted by atomic mass is 19.1. The summed E-state index contributed by atoms with van der Waals surface area (Å²) in [5.41, 5.74) is 0.998. The molecule has 0 bridgehead atoms. The molecule has 0 saturated carbocycles. The highest BCUT2D eigenvalue weighted by molar-refractivity contribution is 5.80. The number of nitrogens with zero attached hydrogens (tertiary/aromatic N) is 2. The van der Waals surface area contributed by atoms with Crippen molar-refractivity contribution in [2.24, 2.45) is 4.99 Å². The highest BCUT2D eigenvalue weighted by Gasteiger charge is 2.25. The van der Waals surface area contributed by atoms with Gasteiger partial charge in [0.05, 0.1) is 0 Å². The van der Waals surface area contributed by atoms with Crippen LogP contribution in [0.3, 0.4) is 0 Å². The Bertz CT molecular complexity index is 591. The number of likely N-dealkylation sites (tertiary alicyclic amines) is 1. The van der Waals surface area contributed by atoms with Gasteiger partial charge in [-0.05, 0) is 43.9 Å². The lowest BCUT2D eigenvalue weighted by Crippen LogP contribution is -2.45. The van der Waals surface area contributed by atoms with E-state index in [4.69, 9.17) is 0 Å². The molecule has 2 N–H and O–H groups in total. The van der Waals surface area contributed by atoms with Crippen LogP contribution in [0.5, 0.6) is 0 Å². The molecule has 0 aromatic heterocycles. The van der Waals surface area contributed by atoms with E-state index < -0.39 is 0 Å². The second-order valence-electron chi connectivity index (χ2n) is 6.32. The molecular weight excluding hydrogens is 319 g/mol. The first kappa shape index (κ1) is 19.2. The maximum Gasteiger partial charge on any atom is 0.222 e. The predicted molar refractivity (Wildman–Crippen MR) is 99.1 cm³/mol. The van der Waals surface area contributed by atoms with Crippen molar-refractivity contribution in [1.82, 2.24) is 15.5 Å². The molecule has 1 amide bonds. The van der Waals surface area contributed by atoms with E-state index in [0.717, 1.165) is 50.4 Å². The van der Waals surface area contributed by atoms with Gasteiger partial charge in [-0.3, -0.25) is 9.79 Å². The Morgan fingerprint density at radius 1 is 1.40 bits per heavy atom. The van der Waals surface area contributed by atoms with Crippen molar-refractivity contribution in [2.45, 2.75) is 45.6 Å². The smallest absolute Gasteiger partial charge is 0.222 e. The zero-order chi connectivity index (χ0) is 18.1. The van der Waals surface area contributed by atoms with Crippen molar-refractivity contribution < 1.29 is 9.18 Å². The quantitative estimate of drug-likeness (QED) is 0.452. The lowest BCUT2D eigenvalue weighted by Gasteiger charge is -2.18. The summed E-state index contributed by atoms with van der Waals surface area (Å²) in [5, 5.41) is 6.67. The van der Waals surface area contributed by atoms with Gasteiger partial charge in [-0.15, -0.1) is 0 Å². The molecule has 1 heterocycles. The molecule has 1 aliphatic rings. The monoisotopic (exact) mass is 348 g/mol. The molecule has 1 aromatic carbocycles. The zero-order valence-electron chi connectivity index (χ0n) is 15.2. The molecule has 1 saturated heterocycles. The van der Waals surface area contributed by atoms with Crippen molar-refractivity contribution in [3.05, 3.63) is 35.6 Å². The summed E-state index contributed by atoms with van der Waals surface area (Å²) in [6.45, 7) is 6.94. The third kappa shape index (κ3) is 6.36. The third-order valence-corrected chi connectivity index (χ3v) is 4.31. The van der Waals surface area contributed by atoms with Gasteiger partial charge in [-0.1, -0.05) is 19.1 Å². The normalized spacial score (nSPS) is 17.6. The number of rotatable bonds is 7. The molecule has 25 heavy (non-hydrogen) atoms. The fourth-order valence-electron chi connectivity index (χ4n) is 3.01. The second-order valence-corrected chi connectivity index (χ2v) is 6.32. The number of aryl methyl sites for hydroxylation is 1. The van der Waals surface area contributed by atoms with Crippen LogP contribution in [0.25, 0.3) is 0 Å². The zero-order valence-corrected chi connectivity index (χ0v) is 15.2. The Hall–Kier alpha value is -2.11. The number of nitrogens with one attached hydrogen (secondary N) is 2. The van der Waals surface area contributed by atoms with E-state index >= 15 is 0 Å². The van der Waals surface area contributed by atoms with E-state index in [-0.39, 0.29) is 17.8 Å². The van der Waals surface area contributed by atoms with Crippen LogP contribution in [0, 0.1) is 5.82 Å². The van der Waals surface area contributed by atoms with E-state index in [1.807, 2.05) is 24.8 Å². The summed E-state index contributed by atoms with van der Waals surface area (Å²) in [5.74, 6) is 0.808. The molecule has 1 unspecified atom stereocenters. The van der Waals surface area contributed by atoms with Crippen LogP contribution in [0.15, 0.2) is 29.3 Å². The maximum atomic E-state index is 13.2. The van der Waals surface area contributed by atoms with Crippen molar-refractivity contribution in [3.63, 3.8) is 0 Å². The number of hydrogen-bond acceptors (Lipinski definition) is 2. The van der Waals surface area contributed by atoms with Crippen LogP contribution in [0.1, 0.15) is 38.7 Å². The van der Waals surface area contributed by atoms with Crippen LogP contribution in [0.2, 0.25) is 0 Å². The first-order valence-electron chi connectivity index (χ1n) is 9.19. The SMILES string of the molecule is CCNC(=NCCCc1cccc(F)c1)NC1CCN(C(=O)CC)C1. The summed E-state index contributed by atoms with van der Waals surface area (Å²) < 4.78 is 13.2. The molecule has 138 valence electrons. The van der Waals surface area contributed by atoms with E-state index in [1.165, 1.54) is 6.07 Å². The van der Waals surface area contributed by atoms with Gasteiger partial charge in [-0.25, -0.2) is 4.39 Å². The number of aliphatic imine (C=N–C) groups is 1. The number of hydrogen-bond donors (Lipinski definition) is 2. The minimum atomic E-state index is -0.191. The fourth-order valence-corrected chi connectivity index (χ4v) is 3.01. The summed E-state index contributed by atoms with van der Waals surface area (Å²) in [6, 6.07) is 6.96. The highest BCUT2D eigenvalue weighted by Crippen LogP contribution is 2.10. The Morgan fingerprint density at radius 3 is 2.96 bits per heavy atom. The lowest BCUT2D eigenvalue weighted by atomic mass is 10.1. The summed E-state index contributed by atoms with van der Waals surface area (Å²) in [6.07, 6.45) is 3.18. The maximum absolute atomic E-state index is 13.2. The topological polar surface area (TPSA) is 56.7 Å². The van der Waals surface area contributed by atoms with Crippen LogP contribution >= 0.6 is 0 Å². The first-order valence-corrected chi connectivity index (χ1v) is 9.19. The lowest BCUT2D eigenvalue weighted by molar-refractivity contribution is -0.129. The van der Waals surface area contributed by atoms with E-state index in [9.17, 15) is 9.18 Å². The van der Waals surface area contributed by atoms with Gasteiger partial charge in [-0.2, -0.15) is 0 Å². The van der Waals surface area contributed by atoms with Gasteiger partial charge in [0.15, 0.2) is 5.96 Å². The molecule has 1 fully saturated rings. The third-order valence-electron chi connectivity index (χ3n) is 4.31. The van der Waals surface area contributed by atoms with Gasteiger partial charge in [0, 0.05) is 38.6 Å². The molecule has 0 radical (unpaired) electrons. The molecule has 0 spiro atoms. The number of halogens is 1. The van der Waals surface area contributed by atoms with Crippen molar-refractivity contribution in [1.29, 1.82) is 0 Å². The van der Waals surface area contributed by atoms with E-state index in [2.05, 4.69) is 15.6 Å². The largest absolute Gasteiger partial charge is 0.357 e. The molecule has 2 rings (SSSR count). The number of benzene rings is 1. The van der Waals surface area contributed by atoms with Crippen LogP contribution in [-0.4, -0.2) is 49.0 Å². The molecule has 6 heteroatoms. The van der Waals surface area contributed by atoms with Gasteiger partial charge in [0.25, 0.3) is 0 Å². The van der Waals surface area contributed by atoms with Gasteiger partial charge >= 0.3 is 0 Å². The van der Waals surface area contributed by atoms with E-state index in [1.54, 1.807) is 12.1 Å². The van der Waals surface area contributed by atoms with Gasteiger partial charge in [0.1, 0.15) is 5.82 Å². The average Bonchev–Trinajstić information content (AvgIpc) is 3.07. The van der Waals surface area contributed by atoms with Crippen molar-refractivity contribution in [3.8, 4) is 0 Å². The summed E-state index contributed by atoms with van der Waals surface area (Å²) in [7, 11) is 0. The molecule has 1 aromatic rings.